The smallest absolute Gasteiger partial charge is 0.287 e. The summed E-state index contributed by atoms with van der Waals surface area (Å²) in [6.07, 6.45) is 1.80. The van der Waals surface area contributed by atoms with E-state index in [1.54, 1.807) is 42.2 Å². The molecule has 94 valence electrons. The van der Waals surface area contributed by atoms with Crippen LogP contribution in [0.3, 0.4) is 0 Å². The highest BCUT2D eigenvalue weighted by molar-refractivity contribution is 7.13. The number of hydrogen-bond acceptors (Lipinski definition) is 5. The Morgan fingerprint density at radius 3 is 2.94 bits per heavy atom. The van der Waals surface area contributed by atoms with E-state index in [9.17, 15) is 4.79 Å². The number of carbonyl (C=O) groups excluding carboxylic acids is 1. The van der Waals surface area contributed by atoms with Crippen LogP contribution in [0, 0.1) is 0 Å². The lowest BCUT2D eigenvalue weighted by molar-refractivity contribution is 0.0947. The third kappa shape index (κ3) is 2.57. The summed E-state index contributed by atoms with van der Waals surface area (Å²) in [6, 6.07) is 3.52. The zero-order chi connectivity index (χ0) is 13.1. The van der Waals surface area contributed by atoms with Crippen LogP contribution in [0.5, 0.6) is 0 Å². The van der Waals surface area contributed by atoms with Crippen LogP contribution >= 0.6 is 11.3 Å². The molecule has 0 atom stereocenters. The van der Waals surface area contributed by atoms with Gasteiger partial charge in [-0.05, 0) is 19.1 Å². The number of nitrogens with one attached hydrogen (secondary N) is 1. The van der Waals surface area contributed by atoms with Gasteiger partial charge in [-0.3, -0.25) is 4.79 Å². The van der Waals surface area contributed by atoms with Crippen LogP contribution in [0.25, 0.3) is 0 Å². The molecule has 0 fully saturated rings. The number of nitrogens with zero attached hydrogens (tertiary/aromatic N) is 3. The number of rotatable bonds is 3. The van der Waals surface area contributed by atoms with E-state index in [0.29, 0.717) is 22.2 Å². The highest BCUT2D eigenvalue weighted by Crippen LogP contribution is 2.11. The van der Waals surface area contributed by atoms with Crippen LogP contribution in [0.4, 0.5) is 5.13 Å². The summed E-state index contributed by atoms with van der Waals surface area (Å²) in [4.78, 5) is 15.9. The van der Waals surface area contributed by atoms with Gasteiger partial charge >= 0.3 is 0 Å². The van der Waals surface area contributed by atoms with Gasteiger partial charge in [0.25, 0.3) is 5.91 Å². The van der Waals surface area contributed by atoms with Gasteiger partial charge in [-0.2, -0.15) is 5.10 Å². The van der Waals surface area contributed by atoms with Crippen molar-refractivity contribution < 1.29 is 4.79 Å². The van der Waals surface area contributed by atoms with Gasteiger partial charge in [-0.15, -0.1) is 11.3 Å². The molecule has 18 heavy (non-hydrogen) atoms. The van der Waals surface area contributed by atoms with Gasteiger partial charge in [-0.1, -0.05) is 0 Å². The van der Waals surface area contributed by atoms with E-state index >= 15 is 0 Å². The monoisotopic (exact) mass is 263 g/mol. The van der Waals surface area contributed by atoms with Gasteiger partial charge in [-0.25, -0.2) is 10.4 Å². The molecular weight excluding hydrogens is 250 g/mol. The van der Waals surface area contributed by atoms with Crippen LogP contribution in [-0.4, -0.2) is 21.2 Å². The minimum atomic E-state index is -0.259. The molecule has 0 saturated carbocycles. The second kappa shape index (κ2) is 5.01. The number of hydrazone groups is 1. The second-order valence-corrected chi connectivity index (χ2v) is 4.60. The van der Waals surface area contributed by atoms with Crippen molar-refractivity contribution in [3.63, 3.8) is 0 Å². The molecule has 0 aliphatic carbocycles. The number of thiazole rings is 1. The Morgan fingerprint density at radius 1 is 1.61 bits per heavy atom. The van der Waals surface area contributed by atoms with E-state index < -0.39 is 0 Å². The molecule has 0 aliphatic rings. The second-order valence-electron chi connectivity index (χ2n) is 3.71. The lowest BCUT2D eigenvalue weighted by atomic mass is 10.3. The predicted octanol–water partition coefficient (Wildman–Crippen LogP) is 1.22. The maximum atomic E-state index is 11.8. The molecule has 0 radical (unpaired) electrons. The first kappa shape index (κ1) is 12.3. The van der Waals surface area contributed by atoms with E-state index in [4.69, 9.17) is 5.73 Å². The lowest BCUT2D eigenvalue weighted by Gasteiger charge is -2.02. The standard InChI is InChI=1S/C11H13N5OS/c1-7(8-6-18-11(12)13-8)14-15-10(17)9-4-3-5-16(9)2/h3-6H,1-2H3,(H2,12,13)(H,15,17). The molecule has 0 spiro atoms. The molecule has 2 rings (SSSR count). The van der Waals surface area contributed by atoms with Gasteiger partial charge in [0.15, 0.2) is 5.13 Å². The summed E-state index contributed by atoms with van der Waals surface area (Å²) < 4.78 is 1.72. The fourth-order valence-corrected chi connectivity index (χ4v) is 2.01. The summed E-state index contributed by atoms with van der Waals surface area (Å²) in [5.74, 6) is -0.259. The van der Waals surface area contributed by atoms with E-state index in [2.05, 4.69) is 15.5 Å². The Hall–Kier alpha value is -2.15. The first-order valence-corrected chi connectivity index (χ1v) is 6.13. The topological polar surface area (TPSA) is 85.3 Å². The molecule has 7 heteroatoms. The number of nitrogens with two attached hydrogens (primary N) is 1. The third-order valence-corrected chi connectivity index (χ3v) is 3.07. The molecule has 1 amide bonds. The van der Waals surface area contributed by atoms with Crippen molar-refractivity contribution in [2.45, 2.75) is 6.92 Å². The number of amides is 1. The molecule has 2 aromatic rings. The van der Waals surface area contributed by atoms with Crippen LogP contribution in [0.2, 0.25) is 0 Å². The zero-order valence-electron chi connectivity index (χ0n) is 10.0. The number of anilines is 1. The minimum Gasteiger partial charge on any atom is -0.375 e. The maximum absolute atomic E-state index is 11.8. The quantitative estimate of drug-likeness (QED) is 0.645. The molecule has 3 N–H and O–H groups in total. The summed E-state index contributed by atoms with van der Waals surface area (Å²) >= 11 is 1.34. The lowest BCUT2D eigenvalue weighted by Crippen LogP contribution is -2.21. The minimum absolute atomic E-state index is 0.259. The summed E-state index contributed by atoms with van der Waals surface area (Å²) in [7, 11) is 1.80. The van der Waals surface area contributed by atoms with Gasteiger partial charge in [0.2, 0.25) is 0 Å². The molecule has 0 aliphatic heterocycles. The van der Waals surface area contributed by atoms with Crippen LogP contribution in [-0.2, 0) is 7.05 Å². The van der Waals surface area contributed by atoms with Crippen LogP contribution in [0.15, 0.2) is 28.8 Å². The molecule has 0 saturated heterocycles. The number of aryl methyl sites for hydroxylation is 1. The van der Waals surface area contributed by atoms with Crippen molar-refractivity contribution in [1.82, 2.24) is 15.0 Å². The summed E-state index contributed by atoms with van der Waals surface area (Å²) in [5.41, 5.74) is 9.85. The fourth-order valence-electron chi connectivity index (χ4n) is 1.40. The summed E-state index contributed by atoms with van der Waals surface area (Å²) in [5, 5.41) is 6.27. The maximum Gasteiger partial charge on any atom is 0.287 e. The number of nitrogen functional groups attached to an aromatic ring is 1. The summed E-state index contributed by atoms with van der Waals surface area (Å²) in [6.45, 7) is 1.76. The van der Waals surface area contributed by atoms with E-state index in [1.807, 2.05) is 0 Å². The largest absolute Gasteiger partial charge is 0.375 e. The number of hydrogen-bond donors (Lipinski definition) is 2. The number of aromatic nitrogens is 2. The fraction of sp³-hybridized carbons (Fsp3) is 0.182. The Labute approximate surface area is 108 Å². The molecule has 2 aromatic heterocycles. The first-order valence-electron chi connectivity index (χ1n) is 5.25. The molecular formula is C11H13N5OS. The van der Waals surface area contributed by atoms with Crippen molar-refractivity contribution in [3.8, 4) is 0 Å². The van der Waals surface area contributed by atoms with E-state index in [1.165, 1.54) is 11.3 Å². The van der Waals surface area contributed by atoms with Crippen molar-refractivity contribution in [2.75, 3.05) is 5.73 Å². The average Bonchev–Trinajstić information content (AvgIpc) is 2.94. The predicted molar refractivity (Wildman–Crippen MR) is 71.6 cm³/mol. The highest BCUT2D eigenvalue weighted by Gasteiger charge is 2.08. The van der Waals surface area contributed by atoms with Gasteiger partial charge in [0, 0.05) is 18.6 Å². The van der Waals surface area contributed by atoms with Gasteiger partial charge in [0.05, 0.1) is 11.4 Å². The van der Waals surface area contributed by atoms with Crippen molar-refractivity contribution in [2.24, 2.45) is 12.1 Å². The molecule has 0 unspecified atom stereocenters. The molecule has 6 nitrogen and oxygen atoms in total. The van der Waals surface area contributed by atoms with E-state index in [-0.39, 0.29) is 5.91 Å². The Balaban J connectivity index is 2.07. The Bertz CT molecular complexity index is 598. The van der Waals surface area contributed by atoms with Crippen molar-refractivity contribution >= 4 is 28.1 Å². The van der Waals surface area contributed by atoms with Crippen molar-refractivity contribution in [3.05, 3.63) is 35.1 Å². The number of carbonyl (C=O) groups is 1. The molecule has 0 aromatic carbocycles. The van der Waals surface area contributed by atoms with Crippen molar-refractivity contribution in [1.29, 1.82) is 0 Å². The Morgan fingerprint density at radius 2 is 2.39 bits per heavy atom. The first-order chi connectivity index (χ1) is 8.58. The normalized spacial score (nSPS) is 11.6. The van der Waals surface area contributed by atoms with Crippen LogP contribution in [0.1, 0.15) is 23.1 Å². The SMILES string of the molecule is CC(=NNC(=O)c1cccn1C)c1csc(N)n1. The van der Waals surface area contributed by atoms with E-state index in [0.717, 1.165) is 0 Å². The average molecular weight is 263 g/mol. The molecule has 2 heterocycles. The van der Waals surface area contributed by atoms with Gasteiger partial charge in [0.1, 0.15) is 5.69 Å². The highest BCUT2D eigenvalue weighted by atomic mass is 32.1. The van der Waals surface area contributed by atoms with Crippen LogP contribution < -0.4 is 11.2 Å². The molecule has 0 bridgehead atoms. The zero-order valence-corrected chi connectivity index (χ0v) is 10.9. The Kier molecular flexibility index (Phi) is 3.42. The third-order valence-electron chi connectivity index (χ3n) is 2.39. The van der Waals surface area contributed by atoms with Gasteiger partial charge < -0.3 is 10.3 Å².